The van der Waals surface area contributed by atoms with E-state index in [0.29, 0.717) is 6.54 Å². The second kappa shape index (κ2) is 4.58. The molecule has 1 rings (SSSR count). The van der Waals surface area contributed by atoms with Gasteiger partial charge in [-0.15, -0.1) is 11.3 Å². The van der Waals surface area contributed by atoms with Crippen LogP contribution in [-0.2, 0) is 11.3 Å². The molecular formula is C9H10BrNOS. The van der Waals surface area contributed by atoms with Crippen molar-refractivity contribution in [2.75, 3.05) is 7.05 Å². The van der Waals surface area contributed by atoms with E-state index in [9.17, 15) is 4.79 Å². The average Bonchev–Trinajstić information content (AvgIpc) is 2.49. The van der Waals surface area contributed by atoms with Crippen LogP contribution in [0.1, 0.15) is 4.88 Å². The number of hydrogen-bond acceptors (Lipinski definition) is 2. The quantitative estimate of drug-likeness (QED) is 0.765. The Morgan fingerprint density at radius 2 is 2.54 bits per heavy atom. The van der Waals surface area contributed by atoms with Crippen molar-refractivity contribution < 1.29 is 4.79 Å². The standard InChI is InChI=1S/C9H10BrNOS/c1-3-9(12)11(2)5-8-4-7(10)6-13-8/h3-4,6H,1,5H2,2H3. The summed E-state index contributed by atoms with van der Waals surface area (Å²) in [6, 6.07) is 2.01. The third kappa shape index (κ3) is 2.97. The molecule has 0 aliphatic rings. The fraction of sp³-hybridized carbons (Fsp3) is 0.222. The van der Waals surface area contributed by atoms with E-state index in [1.54, 1.807) is 23.3 Å². The molecule has 1 amide bonds. The van der Waals surface area contributed by atoms with Crippen molar-refractivity contribution in [3.8, 4) is 0 Å². The highest BCUT2D eigenvalue weighted by atomic mass is 79.9. The van der Waals surface area contributed by atoms with E-state index in [1.807, 2.05) is 11.4 Å². The van der Waals surface area contributed by atoms with Gasteiger partial charge in [0.15, 0.2) is 0 Å². The van der Waals surface area contributed by atoms with Crippen LogP contribution >= 0.6 is 27.3 Å². The monoisotopic (exact) mass is 259 g/mol. The van der Waals surface area contributed by atoms with Gasteiger partial charge < -0.3 is 4.90 Å². The van der Waals surface area contributed by atoms with E-state index in [2.05, 4.69) is 22.5 Å². The van der Waals surface area contributed by atoms with Crippen LogP contribution in [0.2, 0.25) is 0 Å². The van der Waals surface area contributed by atoms with Gasteiger partial charge in [-0.3, -0.25) is 4.79 Å². The maximum atomic E-state index is 11.1. The molecule has 0 saturated heterocycles. The molecule has 70 valence electrons. The van der Waals surface area contributed by atoms with Gasteiger partial charge in [-0.05, 0) is 28.1 Å². The van der Waals surface area contributed by atoms with Crippen molar-refractivity contribution in [2.24, 2.45) is 0 Å². The molecule has 0 atom stereocenters. The first-order chi connectivity index (χ1) is 6.13. The first-order valence-electron chi connectivity index (χ1n) is 3.74. The molecule has 0 aliphatic heterocycles. The van der Waals surface area contributed by atoms with Crippen LogP contribution in [0.4, 0.5) is 0 Å². The van der Waals surface area contributed by atoms with E-state index in [-0.39, 0.29) is 5.91 Å². The highest BCUT2D eigenvalue weighted by Gasteiger charge is 2.06. The Morgan fingerprint density at radius 3 is 3.00 bits per heavy atom. The molecule has 0 aliphatic carbocycles. The zero-order valence-corrected chi connectivity index (χ0v) is 9.69. The Labute approximate surface area is 90.0 Å². The third-order valence-electron chi connectivity index (χ3n) is 1.57. The Hall–Kier alpha value is -0.610. The number of halogens is 1. The van der Waals surface area contributed by atoms with Gasteiger partial charge in [0.1, 0.15) is 0 Å². The molecule has 2 nitrogen and oxygen atoms in total. The molecule has 0 radical (unpaired) electrons. The Kier molecular flexibility index (Phi) is 3.69. The molecule has 0 spiro atoms. The molecule has 0 bridgehead atoms. The number of likely N-dealkylation sites (N-methyl/N-ethyl adjacent to an activating group) is 1. The summed E-state index contributed by atoms with van der Waals surface area (Å²) >= 11 is 4.99. The van der Waals surface area contributed by atoms with Crippen LogP contribution in [0.15, 0.2) is 28.6 Å². The second-order valence-electron chi connectivity index (χ2n) is 2.63. The lowest BCUT2D eigenvalue weighted by Crippen LogP contribution is -2.23. The minimum absolute atomic E-state index is 0.0514. The molecule has 4 heteroatoms. The summed E-state index contributed by atoms with van der Waals surface area (Å²) in [6.07, 6.45) is 1.32. The fourth-order valence-electron chi connectivity index (χ4n) is 0.904. The molecule has 0 aromatic carbocycles. The van der Waals surface area contributed by atoms with Crippen molar-refractivity contribution >= 4 is 33.2 Å². The number of hydrogen-bond donors (Lipinski definition) is 0. The minimum Gasteiger partial charge on any atom is -0.337 e. The van der Waals surface area contributed by atoms with Gasteiger partial charge >= 0.3 is 0 Å². The summed E-state index contributed by atoms with van der Waals surface area (Å²) in [5, 5.41) is 2.00. The number of carbonyl (C=O) groups excluding carboxylic acids is 1. The number of carbonyl (C=O) groups is 1. The second-order valence-corrected chi connectivity index (χ2v) is 4.54. The first kappa shape index (κ1) is 10.5. The molecule has 13 heavy (non-hydrogen) atoms. The molecule has 0 fully saturated rings. The van der Waals surface area contributed by atoms with Crippen molar-refractivity contribution in [1.29, 1.82) is 0 Å². The summed E-state index contributed by atoms with van der Waals surface area (Å²) in [5.74, 6) is -0.0514. The summed E-state index contributed by atoms with van der Waals surface area (Å²) in [6.45, 7) is 4.07. The molecular weight excluding hydrogens is 250 g/mol. The van der Waals surface area contributed by atoms with E-state index in [0.717, 1.165) is 9.35 Å². The van der Waals surface area contributed by atoms with E-state index < -0.39 is 0 Å². The molecule has 1 aromatic heterocycles. The Morgan fingerprint density at radius 1 is 1.85 bits per heavy atom. The largest absolute Gasteiger partial charge is 0.337 e. The van der Waals surface area contributed by atoms with Gasteiger partial charge in [-0.25, -0.2) is 0 Å². The summed E-state index contributed by atoms with van der Waals surface area (Å²) < 4.78 is 1.06. The van der Waals surface area contributed by atoms with Crippen molar-refractivity contribution in [3.63, 3.8) is 0 Å². The Bertz CT molecular complexity index is 321. The summed E-state index contributed by atoms with van der Waals surface area (Å²) in [7, 11) is 1.76. The zero-order valence-electron chi connectivity index (χ0n) is 7.29. The van der Waals surface area contributed by atoms with Gasteiger partial charge in [0.2, 0.25) is 5.91 Å². The highest BCUT2D eigenvalue weighted by molar-refractivity contribution is 9.10. The maximum Gasteiger partial charge on any atom is 0.246 e. The lowest BCUT2D eigenvalue weighted by Gasteiger charge is -2.12. The smallest absolute Gasteiger partial charge is 0.246 e. The summed E-state index contributed by atoms with van der Waals surface area (Å²) in [4.78, 5) is 13.9. The van der Waals surface area contributed by atoms with Crippen molar-refractivity contribution in [1.82, 2.24) is 4.90 Å². The molecule has 1 heterocycles. The van der Waals surface area contributed by atoms with Gasteiger partial charge in [0.25, 0.3) is 0 Å². The van der Waals surface area contributed by atoms with E-state index in [4.69, 9.17) is 0 Å². The number of amides is 1. The van der Waals surface area contributed by atoms with Crippen molar-refractivity contribution in [2.45, 2.75) is 6.54 Å². The first-order valence-corrected chi connectivity index (χ1v) is 5.41. The van der Waals surface area contributed by atoms with Crippen LogP contribution < -0.4 is 0 Å². The van der Waals surface area contributed by atoms with Crippen molar-refractivity contribution in [3.05, 3.63) is 33.5 Å². The SMILES string of the molecule is C=CC(=O)N(C)Cc1cc(Br)cs1. The maximum absolute atomic E-state index is 11.1. The predicted octanol–water partition coefficient (Wildman–Crippen LogP) is 2.66. The van der Waals surface area contributed by atoms with Gasteiger partial charge in [0, 0.05) is 21.8 Å². The number of rotatable bonds is 3. The lowest BCUT2D eigenvalue weighted by atomic mass is 10.4. The molecule has 0 saturated carbocycles. The van der Waals surface area contributed by atoms with Crippen LogP contribution in [0.25, 0.3) is 0 Å². The topological polar surface area (TPSA) is 20.3 Å². The van der Waals surface area contributed by atoms with Gasteiger partial charge in [-0.1, -0.05) is 6.58 Å². The van der Waals surface area contributed by atoms with Gasteiger partial charge in [-0.2, -0.15) is 0 Å². The summed E-state index contributed by atoms with van der Waals surface area (Å²) in [5.41, 5.74) is 0. The van der Waals surface area contributed by atoms with Crippen LogP contribution in [0.3, 0.4) is 0 Å². The Balaban J connectivity index is 2.59. The van der Waals surface area contributed by atoms with E-state index >= 15 is 0 Å². The molecule has 1 aromatic rings. The van der Waals surface area contributed by atoms with E-state index in [1.165, 1.54) is 6.08 Å². The number of nitrogens with zero attached hydrogens (tertiary/aromatic N) is 1. The molecule has 0 N–H and O–H groups in total. The highest BCUT2D eigenvalue weighted by Crippen LogP contribution is 2.20. The molecule has 0 unspecified atom stereocenters. The normalized spacial score (nSPS) is 9.69. The third-order valence-corrected chi connectivity index (χ3v) is 3.25. The van der Waals surface area contributed by atoms with Crippen LogP contribution in [0.5, 0.6) is 0 Å². The number of thiophene rings is 1. The minimum atomic E-state index is -0.0514. The van der Waals surface area contributed by atoms with Crippen LogP contribution in [-0.4, -0.2) is 17.9 Å². The zero-order chi connectivity index (χ0) is 9.84. The lowest BCUT2D eigenvalue weighted by molar-refractivity contribution is -0.125. The van der Waals surface area contributed by atoms with Gasteiger partial charge in [0.05, 0.1) is 6.54 Å². The average molecular weight is 260 g/mol. The predicted molar refractivity (Wildman–Crippen MR) is 58.7 cm³/mol. The van der Waals surface area contributed by atoms with Crippen LogP contribution in [0, 0.1) is 0 Å². The fourth-order valence-corrected chi connectivity index (χ4v) is 2.41.